The predicted molar refractivity (Wildman–Crippen MR) is 285 cm³/mol. The third-order valence-electron chi connectivity index (χ3n) is 14.5. The number of allylic oxidation sites excluding steroid dienone is 4. The van der Waals surface area contributed by atoms with Crippen LogP contribution in [0.15, 0.2) is 169 Å². The van der Waals surface area contributed by atoms with Crippen molar-refractivity contribution in [2.45, 2.75) is 130 Å². The van der Waals surface area contributed by atoms with E-state index in [9.17, 15) is 9.13 Å². The summed E-state index contributed by atoms with van der Waals surface area (Å²) < 4.78 is 42.7. The molecule has 4 aromatic carbocycles. The van der Waals surface area contributed by atoms with Crippen molar-refractivity contribution in [2.24, 2.45) is 11.8 Å². The summed E-state index contributed by atoms with van der Waals surface area (Å²) in [5.74, 6) is 1.18. The van der Waals surface area contributed by atoms with Crippen LogP contribution < -0.4 is 21.2 Å². The number of benzene rings is 4. The Morgan fingerprint density at radius 1 is 0.547 bits per heavy atom. The van der Waals surface area contributed by atoms with Crippen molar-refractivity contribution in [2.75, 3.05) is 12.3 Å². The van der Waals surface area contributed by atoms with Crippen LogP contribution in [0.25, 0.3) is 0 Å². The van der Waals surface area contributed by atoms with Gasteiger partial charge in [0.05, 0.1) is 12.2 Å². The lowest BCUT2D eigenvalue weighted by Gasteiger charge is -2.45. The Labute approximate surface area is 390 Å². The molecule has 0 amide bonds. The molecule has 8 heteroatoms. The molecule has 2 aliphatic rings. The highest BCUT2D eigenvalue weighted by Crippen LogP contribution is 2.48. The Morgan fingerprint density at radius 3 is 1.25 bits per heavy atom. The second-order valence-corrected chi connectivity index (χ2v) is 36.7. The van der Waals surface area contributed by atoms with Crippen molar-refractivity contribution in [3.8, 4) is 0 Å². The van der Waals surface area contributed by atoms with Crippen LogP contribution in [0.1, 0.15) is 81.1 Å². The molecule has 2 fully saturated rings. The van der Waals surface area contributed by atoms with E-state index in [2.05, 4.69) is 107 Å². The van der Waals surface area contributed by atoms with E-state index in [4.69, 9.17) is 8.85 Å². The highest BCUT2D eigenvalue weighted by atomic mass is 31.2. The first-order valence-corrected chi connectivity index (χ1v) is 33.0. The largest absolute Gasteiger partial charge is 0.413 e. The Morgan fingerprint density at radius 2 is 0.891 bits per heavy atom. The lowest BCUT2D eigenvalue weighted by molar-refractivity contribution is 0.0969. The van der Waals surface area contributed by atoms with Gasteiger partial charge < -0.3 is 18.0 Å². The first-order chi connectivity index (χ1) is 29.9. The van der Waals surface area contributed by atoms with Crippen molar-refractivity contribution < 1.29 is 18.0 Å². The van der Waals surface area contributed by atoms with E-state index in [0.717, 1.165) is 51.6 Å². The average molecular weight is 933 g/mol. The van der Waals surface area contributed by atoms with Crippen molar-refractivity contribution in [3.05, 3.63) is 169 Å². The first kappa shape index (κ1) is 51.6. The average Bonchev–Trinajstić information content (AvgIpc) is 3.25. The van der Waals surface area contributed by atoms with Crippen LogP contribution in [0, 0.1) is 11.8 Å². The van der Waals surface area contributed by atoms with Gasteiger partial charge in [-0.1, -0.05) is 202 Å². The molecular formula is C56H78O4P2Si2. The van der Waals surface area contributed by atoms with E-state index in [1.54, 1.807) is 0 Å². The molecule has 0 aromatic heterocycles. The smallest absolute Gasteiger partial charge is 0.192 e. The molecule has 0 spiro atoms. The van der Waals surface area contributed by atoms with E-state index in [0.29, 0.717) is 24.2 Å². The fourth-order valence-corrected chi connectivity index (χ4v) is 16.0. The van der Waals surface area contributed by atoms with Gasteiger partial charge in [-0.25, -0.2) is 0 Å². The molecule has 4 aromatic rings. The van der Waals surface area contributed by atoms with E-state index in [-0.39, 0.29) is 22.3 Å². The number of hydrogen-bond donors (Lipinski definition) is 0. The fraction of sp³-hybridized carbons (Fsp3) is 0.429. The molecule has 0 unspecified atom stereocenters. The third-order valence-corrected chi connectivity index (χ3v) is 29.4. The standard InChI is InChI=1S/C33H51O3PSi2.C23H27OP/c1-26-27(22-23-37(34,29-18-14-12-15-19-29)30-20-16-13-17-21-30)24-28(35-38(8,9)32(2,3)4)25-31(26)36-39(10,11)33(5,6)7;1-18-16-19(2)20(3)21(17-18)14-15-25(24,22-10-6-4-7-11-22)23-12-8-5-9-13-23/h12-22,28,31H,1,23-25H2,2-11H3;4-14,18-19H,3,15-17H2,1-2H3/b27-22-;21-14-/t28-,31+;18-,19-/m10/s1. The molecule has 2 aliphatic carbocycles. The molecule has 0 heterocycles. The van der Waals surface area contributed by atoms with Crippen molar-refractivity contribution in [3.63, 3.8) is 0 Å². The summed E-state index contributed by atoms with van der Waals surface area (Å²) in [5, 5.41) is 3.86. The molecule has 6 rings (SSSR count). The van der Waals surface area contributed by atoms with Crippen LogP contribution >= 0.6 is 14.3 Å². The summed E-state index contributed by atoms with van der Waals surface area (Å²) in [7, 11) is -9.58. The summed E-state index contributed by atoms with van der Waals surface area (Å²) in [6.45, 7) is 36.4. The molecule has 0 N–H and O–H groups in total. The fourth-order valence-electron chi connectivity index (χ4n) is 8.34. The lowest BCUT2D eigenvalue weighted by Crippen LogP contribution is -2.49. The highest BCUT2D eigenvalue weighted by molar-refractivity contribution is 7.79. The molecule has 0 aliphatic heterocycles. The zero-order valence-corrected chi connectivity index (χ0v) is 45.0. The molecule has 0 radical (unpaired) electrons. The minimum Gasteiger partial charge on any atom is -0.413 e. The summed E-state index contributed by atoms with van der Waals surface area (Å²) >= 11 is 0. The van der Waals surface area contributed by atoms with Crippen LogP contribution in [0.3, 0.4) is 0 Å². The number of hydrogen-bond acceptors (Lipinski definition) is 4. The van der Waals surface area contributed by atoms with Gasteiger partial charge in [0.25, 0.3) is 0 Å². The zero-order chi connectivity index (χ0) is 47.1. The molecule has 2 saturated carbocycles. The van der Waals surface area contributed by atoms with E-state index >= 15 is 0 Å². The summed E-state index contributed by atoms with van der Waals surface area (Å²) in [4.78, 5) is 0. The molecular weight excluding hydrogens is 855 g/mol. The minimum atomic E-state index is -2.87. The predicted octanol–water partition coefficient (Wildman–Crippen LogP) is 14.6. The van der Waals surface area contributed by atoms with Crippen LogP contribution in [-0.4, -0.2) is 41.2 Å². The van der Waals surface area contributed by atoms with Gasteiger partial charge in [-0.2, -0.15) is 0 Å². The summed E-state index contributed by atoms with van der Waals surface area (Å²) in [6, 6.07) is 39.7. The molecule has 0 saturated heterocycles. The van der Waals surface area contributed by atoms with E-state index < -0.39 is 30.9 Å². The minimum absolute atomic E-state index is 0.0604. The Kier molecular flexibility index (Phi) is 17.0. The van der Waals surface area contributed by atoms with Gasteiger partial charge >= 0.3 is 0 Å². The number of rotatable bonds is 12. The second-order valence-electron chi connectivity index (χ2n) is 21.4. The topological polar surface area (TPSA) is 52.6 Å². The van der Waals surface area contributed by atoms with Gasteiger partial charge in [0.15, 0.2) is 16.6 Å². The Bertz CT molecular complexity index is 2250. The maximum Gasteiger partial charge on any atom is 0.192 e. The van der Waals surface area contributed by atoms with Crippen molar-refractivity contribution in [1.29, 1.82) is 0 Å². The van der Waals surface area contributed by atoms with Gasteiger partial charge in [-0.15, -0.1) is 0 Å². The van der Waals surface area contributed by atoms with Crippen LogP contribution in [0.5, 0.6) is 0 Å². The molecule has 4 nitrogen and oxygen atoms in total. The van der Waals surface area contributed by atoms with Crippen molar-refractivity contribution >= 4 is 52.1 Å². The molecule has 344 valence electrons. The monoisotopic (exact) mass is 932 g/mol. The maximum atomic E-state index is 14.7. The first-order valence-electron chi connectivity index (χ1n) is 23.4. The summed E-state index contributed by atoms with van der Waals surface area (Å²) in [6.07, 6.45) is 9.23. The quantitative estimate of drug-likeness (QED) is 0.105. The van der Waals surface area contributed by atoms with Gasteiger partial charge in [0.1, 0.15) is 14.3 Å². The molecule has 0 bridgehead atoms. The third kappa shape index (κ3) is 12.5. The van der Waals surface area contributed by atoms with Gasteiger partial charge in [0.2, 0.25) is 0 Å². The van der Waals surface area contributed by atoms with Gasteiger partial charge in [-0.3, -0.25) is 0 Å². The second kappa shape index (κ2) is 21.1. The molecule has 64 heavy (non-hydrogen) atoms. The lowest BCUT2D eigenvalue weighted by atomic mass is 9.77. The Hall–Kier alpha value is -3.35. The van der Waals surface area contributed by atoms with Crippen LogP contribution in [-0.2, 0) is 18.0 Å². The normalized spacial score (nSPS) is 21.7. The maximum absolute atomic E-state index is 14.7. The van der Waals surface area contributed by atoms with Gasteiger partial charge in [-0.05, 0) is 89.7 Å². The van der Waals surface area contributed by atoms with E-state index in [1.165, 1.54) is 17.6 Å². The Balaban J connectivity index is 0.000000264. The SMILES string of the molecule is C=C1/C(=C\CP(=O)(c2ccccc2)c2ccccc2)C[C@@H](C)C[C@@H]1C.C=C1/C(=C\CP(=O)(c2ccccc2)c2ccccc2)C[C@@H](O[Si](C)(C)C(C)(C)C)C[C@@H]1O[Si](C)(C)C(C)(C)C. The van der Waals surface area contributed by atoms with Crippen molar-refractivity contribution in [1.82, 2.24) is 0 Å². The summed E-state index contributed by atoms with van der Waals surface area (Å²) in [5.41, 5.74) is 4.70. The van der Waals surface area contributed by atoms with E-state index in [1.807, 2.05) is 121 Å². The molecule has 4 atom stereocenters. The highest BCUT2D eigenvalue weighted by Gasteiger charge is 2.45. The van der Waals surface area contributed by atoms with Crippen LogP contribution in [0.4, 0.5) is 0 Å². The van der Waals surface area contributed by atoms with Gasteiger partial charge in [0, 0.05) is 40.0 Å². The van der Waals surface area contributed by atoms with Crippen LogP contribution in [0.2, 0.25) is 36.3 Å². The zero-order valence-electron chi connectivity index (χ0n) is 41.2.